The van der Waals surface area contributed by atoms with Gasteiger partial charge in [-0.3, -0.25) is 9.59 Å². The molecule has 5 rings (SSSR count). The molecule has 1 saturated heterocycles. The van der Waals surface area contributed by atoms with Crippen LogP contribution in [0.3, 0.4) is 0 Å². The molecule has 0 aromatic carbocycles. The van der Waals surface area contributed by atoms with Crippen molar-refractivity contribution in [3.8, 4) is 0 Å². The topological polar surface area (TPSA) is 93.1 Å². The van der Waals surface area contributed by atoms with Crippen LogP contribution in [0.15, 0.2) is 11.1 Å². The molecule has 0 radical (unpaired) electrons. The monoisotopic (exact) mass is 376 g/mol. The molecule has 1 aliphatic heterocycles. The Hall–Kier alpha value is -1.24. The minimum Gasteiger partial charge on any atom is -0.450 e. The lowest BCUT2D eigenvalue weighted by Crippen LogP contribution is -2.88. The van der Waals surface area contributed by atoms with Crippen molar-refractivity contribution in [1.82, 2.24) is 0 Å². The Morgan fingerprint density at radius 2 is 2.04 bits per heavy atom. The number of hydrogen-bond acceptors (Lipinski definition) is 6. The average Bonchev–Trinajstić information content (AvgIpc) is 2.57. The fraction of sp³-hybridized carbons (Fsp3) is 0.810. The highest BCUT2D eigenvalue weighted by Gasteiger charge is 2.88. The number of esters is 1. The molecule has 1 spiro atoms. The molecule has 0 aromatic rings. The number of allylic oxidation sites excluding steroid dienone is 1. The molecule has 0 bridgehead atoms. The fourth-order valence-electron chi connectivity index (χ4n) is 7.82. The van der Waals surface area contributed by atoms with Gasteiger partial charge in [0.2, 0.25) is 0 Å². The predicted octanol–water partition coefficient (Wildman–Crippen LogP) is 1.52. The zero-order valence-electron chi connectivity index (χ0n) is 16.4. The number of Topliss-reactive ketones (excluding diaryl/α,β-unsaturated/α-hetero) is 1. The van der Waals surface area contributed by atoms with Gasteiger partial charge in [-0.2, -0.15) is 0 Å². The van der Waals surface area contributed by atoms with E-state index in [0.717, 1.165) is 11.1 Å². The lowest BCUT2D eigenvalue weighted by molar-refractivity contribution is -0.385. The normalized spacial score (nSPS) is 55.6. The van der Waals surface area contributed by atoms with Gasteiger partial charge in [-0.1, -0.05) is 12.5 Å². The Bertz CT molecular complexity index is 802. The number of carbonyl (C=O) groups excluding carboxylic acids is 2. The Morgan fingerprint density at radius 1 is 1.33 bits per heavy atom. The maximum atomic E-state index is 13.8. The number of rotatable bonds is 1. The van der Waals surface area contributed by atoms with Gasteiger partial charge in [0.25, 0.3) is 0 Å². The van der Waals surface area contributed by atoms with Crippen molar-refractivity contribution in [1.29, 1.82) is 0 Å². The van der Waals surface area contributed by atoms with Gasteiger partial charge >= 0.3 is 5.97 Å². The second-order valence-corrected chi connectivity index (χ2v) is 9.78. The van der Waals surface area contributed by atoms with Gasteiger partial charge in [0.1, 0.15) is 0 Å². The predicted molar refractivity (Wildman–Crippen MR) is 94.6 cm³/mol. The highest BCUT2D eigenvalue weighted by molar-refractivity contribution is 5.97. The molecule has 4 fully saturated rings. The van der Waals surface area contributed by atoms with E-state index in [4.69, 9.17) is 9.47 Å². The zero-order valence-corrected chi connectivity index (χ0v) is 16.4. The summed E-state index contributed by atoms with van der Waals surface area (Å²) in [6, 6.07) is 0. The van der Waals surface area contributed by atoms with Crippen LogP contribution < -0.4 is 0 Å². The number of ether oxygens (including phenoxy) is 2. The van der Waals surface area contributed by atoms with Crippen molar-refractivity contribution < 1.29 is 29.3 Å². The molecular weight excluding hydrogens is 348 g/mol. The summed E-state index contributed by atoms with van der Waals surface area (Å²) in [5.41, 5.74) is -1.49. The third-order valence-corrected chi connectivity index (χ3v) is 9.22. The van der Waals surface area contributed by atoms with E-state index in [2.05, 4.69) is 0 Å². The van der Waals surface area contributed by atoms with Crippen LogP contribution in [-0.4, -0.2) is 52.5 Å². The van der Waals surface area contributed by atoms with Crippen molar-refractivity contribution in [3.05, 3.63) is 11.1 Å². The average molecular weight is 376 g/mol. The van der Waals surface area contributed by atoms with Gasteiger partial charge in [0.05, 0.1) is 29.8 Å². The van der Waals surface area contributed by atoms with Crippen LogP contribution in [-0.2, 0) is 19.1 Å². The maximum Gasteiger partial charge on any atom is 0.303 e. The van der Waals surface area contributed by atoms with E-state index >= 15 is 0 Å². The van der Waals surface area contributed by atoms with Crippen LogP contribution in [0, 0.1) is 22.2 Å². The smallest absolute Gasteiger partial charge is 0.303 e. The maximum absolute atomic E-state index is 13.8. The number of hydrogen-bond donors (Lipinski definition) is 2. The first-order valence-corrected chi connectivity index (χ1v) is 9.98. The molecule has 0 aromatic heterocycles. The molecule has 8 atom stereocenters. The van der Waals surface area contributed by atoms with Crippen LogP contribution >= 0.6 is 0 Å². The standard InChI is InChI=1S/C21H28O6/c1-10-5-6-20(25)9-21-12-8-26-13(12)7-14(23)18(21,3)17(24)16(27-11(2)22)15(10)19(20,21)4/h12-14,16,23,25H,5-9H2,1-4H3/t12-,13-,14+,16-,18+,19+,20-,21?/m1/s1. The molecule has 1 unspecified atom stereocenters. The van der Waals surface area contributed by atoms with Gasteiger partial charge in [-0.25, -0.2) is 0 Å². The zero-order chi connectivity index (χ0) is 19.6. The first-order valence-electron chi connectivity index (χ1n) is 9.98. The van der Waals surface area contributed by atoms with Crippen LogP contribution in [0.25, 0.3) is 0 Å². The molecule has 2 N–H and O–H groups in total. The molecule has 148 valence electrons. The van der Waals surface area contributed by atoms with E-state index in [1.165, 1.54) is 6.92 Å². The third-order valence-electron chi connectivity index (χ3n) is 9.22. The molecule has 6 heteroatoms. The summed E-state index contributed by atoms with van der Waals surface area (Å²) < 4.78 is 11.3. The van der Waals surface area contributed by atoms with E-state index in [-0.39, 0.29) is 17.8 Å². The van der Waals surface area contributed by atoms with Gasteiger partial charge in [0, 0.05) is 30.1 Å². The molecule has 0 amide bonds. The van der Waals surface area contributed by atoms with Crippen molar-refractivity contribution >= 4 is 11.8 Å². The summed E-state index contributed by atoms with van der Waals surface area (Å²) >= 11 is 0. The Morgan fingerprint density at radius 3 is 2.63 bits per heavy atom. The van der Waals surface area contributed by atoms with Gasteiger partial charge in [-0.15, -0.1) is 0 Å². The number of aliphatic hydroxyl groups excluding tert-OH is 1. The number of ketones is 1. The second-order valence-electron chi connectivity index (χ2n) is 9.78. The minimum absolute atomic E-state index is 0.0731. The molecular formula is C21H28O6. The quantitative estimate of drug-likeness (QED) is 0.532. The highest BCUT2D eigenvalue weighted by atomic mass is 16.5. The molecule has 4 aliphatic carbocycles. The molecule has 1 heterocycles. The van der Waals surface area contributed by atoms with E-state index in [9.17, 15) is 19.8 Å². The van der Waals surface area contributed by atoms with Crippen molar-refractivity contribution in [2.75, 3.05) is 6.61 Å². The first kappa shape index (κ1) is 17.8. The second kappa shape index (κ2) is 4.84. The van der Waals surface area contributed by atoms with Crippen molar-refractivity contribution in [2.24, 2.45) is 22.2 Å². The summed E-state index contributed by atoms with van der Waals surface area (Å²) in [7, 11) is 0. The van der Waals surface area contributed by atoms with Crippen LogP contribution in [0.1, 0.15) is 53.4 Å². The highest BCUT2D eigenvalue weighted by Crippen LogP contribution is 2.83. The van der Waals surface area contributed by atoms with Gasteiger partial charge in [-0.05, 0) is 38.7 Å². The summed E-state index contributed by atoms with van der Waals surface area (Å²) in [6.07, 6.45) is 0.242. The number of aliphatic hydroxyl groups is 2. The van der Waals surface area contributed by atoms with Gasteiger partial charge < -0.3 is 19.7 Å². The van der Waals surface area contributed by atoms with Gasteiger partial charge in [0.15, 0.2) is 11.9 Å². The first-order chi connectivity index (χ1) is 12.5. The minimum atomic E-state index is -1.07. The fourth-order valence-corrected chi connectivity index (χ4v) is 7.82. The lowest BCUT2D eigenvalue weighted by atomic mass is 9.22. The number of fused-ring (bicyclic) bond motifs is 1. The van der Waals surface area contributed by atoms with Crippen molar-refractivity contribution in [3.63, 3.8) is 0 Å². The third kappa shape index (κ3) is 1.56. The summed E-state index contributed by atoms with van der Waals surface area (Å²) in [5, 5.41) is 22.7. The largest absolute Gasteiger partial charge is 0.450 e. The molecule has 3 saturated carbocycles. The van der Waals surface area contributed by atoms with E-state index in [1.54, 1.807) is 0 Å². The SMILES string of the molecule is CC(=O)O[C@H]1C(=O)[C@]2(C)[C@@H](O)C[C@H]3OC[C@H]3C23C[C@]2(O)CCC(C)=C1[C@]32C. The van der Waals surface area contributed by atoms with E-state index in [1.807, 2.05) is 20.8 Å². The van der Waals surface area contributed by atoms with Crippen LogP contribution in [0.2, 0.25) is 0 Å². The summed E-state index contributed by atoms with van der Waals surface area (Å²) in [5.74, 6) is -0.609. The summed E-state index contributed by atoms with van der Waals surface area (Å²) in [4.78, 5) is 25.6. The van der Waals surface area contributed by atoms with Crippen LogP contribution in [0.5, 0.6) is 0 Å². The lowest BCUT2D eigenvalue weighted by Gasteiger charge is -2.82. The van der Waals surface area contributed by atoms with E-state index in [0.29, 0.717) is 32.3 Å². The number of carbonyl (C=O) groups is 2. The molecule has 5 aliphatic rings. The Labute approximate surface area is 158 Å². The molecule has 6 nitrogen and oxygen atoms in total. The van der Waals surface area contributed by atoms with Crippen molar-refractivity contribution in [2.45, 2.75) is 77.3 Å². The van der Waals surface area contributed by atoms with E-state index < -0.39 is 40.0 Å². The summed E-state index contributed by atoms with van der Waals surface area (Å²) in [6.45, 7) is 7.70. The Balaban J connectivity index is 1.80. The molecule has 27 heavy (non-hydrogen) atoms. The van der Waals surface area contributed by atoms with Crippen LogP contribution in [0.4, 0.5) is 0 Å². The Kier molecular flexibility index (Phi) is 3.19.